The van der Waals surface area contributed by atoms with E-state index in [1.807, 2.05) is 30.6 Å². The van der Waals surface area contributed by atoms with Crippen molar-refractivity contribution in [2.45, 2.75) is 45.6 Å². The van der Waals surface area contributed by atoms with Crippen LogP contribution in [0.25, 0.3) is 16.7 Å². The van der Waals surface area contributed by atoms with Gasteiger partial charge in [0.15, 0.2) is 0 Å². The molecule has 1 amide bonds. The molecule has 0 spiro atoms. The number of hydrogen-bond donors (Lipinski definition) is 2. The monoisotopic (exact) mass is 378 g/mol. The summed E-state index contributed by atoms with van der Waals surface area (Å²) in [6.45, 7) is 10.3. The van der Waals surface area contributed by atoms with E-state index >= 15 is 0 Å². The summed E-state index contributed by atoms with van der Waals surface area (Å²) in [5, 5.41) is 3.03. The molecule has 0 saturated carbocycles. The van der Waals surface area contributed by atoms with Crippen LogP contribution in [0.1, 0.15) is 45.1 Å². The minimum absolute atomic E-state index is 0.148. The second-order valence-corrected chi connectivity index (χ2v) is 7.39. The van der Waals surface area contributed by atoms with Crippen LogP contribution >= 0.6 is 0 Å². The molecule has 3 rings (SSSR count). The van der Waals surface area contributed by atoms with E-state index < -0.39 is 0 Å². The van der Waals surface area contributed by atoms with Crippen LogP contribution in [-0.2, 0) is 4.79 Å². The maximum atomic E-state index is 12.6. The maximum absolute atomic E-state index is 12.6. The number of carbonyl (C=O) groups is 1. The highest BCUT2D eigenvalue weighted by molar-refractivity contribution is 6.20. The quantitative estimate of drug-likeness (QED) is 0.558. The van der Waals surface area contributed by atoms with Crippen molar-refractivity contribution in [3.63, 3.8) is 0 Å². The predicted molar refractivity (Wildman–Crippen MR) is 117 cm³/mol. The molecule has 148 valence electrons. The Morgan fingerprint density at radius 1 is 1.18 bits per heavy atom. The standard InChI is InChI=1S/C23H30N4O/c1-4-19(5-2)26-23(28)16(3)21-13-17(8-9-22(21)24)18-12-20(15-25-14-18)27-10-6-7-11-27/h8-9,12-15,19H,3-7,10-11,24H2,1-2H3,(H,26,28). The summed E-state index contributed by atoms with van der Waals surface area (Å²) >= 11 is 0. The van der Waals surface area contributed by atoms with Crippen molar-refractivity contribution in [2.24, 2.45) is 0 Å². The van der Waals surface area contributed by atoms with Crippen LogP contribution in [0.3, 0.4) is 0 Å². The number of nitrogen functional groups attached to an aromatic ring is 1. The van der Waals surface area contributed by atoms with Crippen molar-refractivity contribution in [2.75, 3.05) is 23.7 Å². The molecule has 1 aliphatic heterocycles. The summed E-state index contributed by atoms with van der Waals surface area (Å²) in [7, 11) is 0. The number of benzene rings is 1. The molecule has 0 radical (unpaired) electrons. The van der Waals surface area contributed by atoms with Crippen LogP contribution in [0.2, 0.25) is 0 Å². The average Bonchev–Trinajstić information content (AvgIpc) is 3.26. The molecule has 1 aliphatic rings. The second kappa shape index (κ2) is 8.91. The number of rotatable bonds is 7. The summed E-state index contributed by atoms with van der Waals surface area (Å²) in [6, 6.07) is 8.05. The van der Waals surface area contributed by atoms with Crippen LogP contribution in [0.15, 0.2) is 43.2 Å². The molecule has 3 N–H and O–H groups in total. The molecule has 1 saturated heterocycles. The summed E-state index contributed by atoms with van der Waals surface area (Å²) in [4.78, 5) is 19.4. The molecular weight excluding hydrogens is 348 g/mol. The van der Waals surface area contributed by atoms with Gasteiger partial charge in [-0.25, -0.2) is 0 Å². The largest absolute Gasteiger partial charge is 0.398 e. The topological polar surface area (TPSA) is 71.2 Å². The molecule has 2 aromatic rings. The van der Waals surface area contributed by atoms with Crippen molar-refractivity contribution in [3.05, 3.63) is 48.8 Å². The summed E-state index contributed by atoms with van der Waals surface area (Å²) in [5.41, 5.74) is 10.9. The molecule has 0 aliphatic carbocycles. The van der Waals surface area contributed by atoms with Gasteiger partial charge in [-0.15, -0.1) is 0 Å². The molecule has 1 aromatic carbocycles. The third-order valence-electron chi connectivity index (χ3n) is 5.50. The summed E-state index contributed by atoms with van der Waals surface area (Å²) in [5.74, 6) is -0.165. The van der Waals surface area contributed by atoms with Gasteiger partial charge in [0.1, 0.15) is 0 Å². The van der Waals surface area contributed by atoms with Gasteiger partial charge in [0.2, 0.25) is 0 Å². The number of anilines is 2. The highest BCUT2D eigenvalue weighted by atomic mass is 16.1. The number of hydrogen-bond acceptors (Lipinski definition) is 4. The number of pyridine rings is 1. The third kappa shape index (κ3) is 4.35. The van der Waals surface area contributed by atoms with Gasteiger partial charge in [-0.1, -0.05) is 26.5 Å². The first-order valence-corrected chi connectivity index (χ1v) is 10.1. The number of amides is 1. The van der Waals surface area contributed by atoms with E-state index in [-0.39, 0.29) is 11.9 Å². The lowest BCUT2D eigenvalue weighted by molar-refractivity contribution is -0.116. The van der Waals surface area contributed by atoms with Crippen molar-refractivity contribution < 1.29 is 4.79 Å². The number of nitrogens with two attached hydrogens (primary N) is 1. The molecule has 5 nitrogen and oxygen atoms in total. The molecule has 0 atom stereocenters. The van der Waals surface area contributed by atoms with E-state index in [9.17, 15) is 4.79 Å². The first-order chi connectivity index (χ1) is 13.5. The van der Waals surface area contributed by atoms with Gasteiger partial charge in [0.05, 0.1) is 11.9 Å². The van der Waals surface area contributed by atoms with Crippen LogP contribution < -0.4 is 16.0 Å². The highest BCUT2D eigenvalue weighted by Crippen LogP contribution is 2.30. The Morgan fingerprint density at radius 2 is 1.89 bits per heavy atom. The first kappa shape index (κ1) is 19.9. The van der Waals surface area contributed by atoms with Gasteiger partial charge in [0.25, 0.3) is 5.91 Å². The number of nitrogens with zero attached hydrogens (tertiary/aromatic N) is 2. The zero-order chi connectivity index (χ0) is 20.1. The van der Waals surface area contributed by atoms with Gasteiger partial charge < -0.3 is 16.0 Å². The fourth-order valence-electron chi connectivity index (χ4n) is 3.62. The predicted octanol–water partition coefficient (Wildman–Crippen LogP) is 4.25. The fraction of sp³-hybridized carbons (Fsp3) is 0.391. The van der Waals surface area contributed by atoms with E-state index in [4.69, 9.17) is 5.73 Å². The maximum Gasteiger partial charge on any atom is 0.251 e. The van der Waals surface area contributed by atoms with E-state index in [1.54, 1.807) is 0 Å². The number of aromatic nitrogens is 1. The lowest BCUT2D eigenvalue weighted by Gasteiger charge is -2.19. The Bertz CT molecular complexity index is 851. The second-order valence-electron chi connectivity index (χ2n) is 7.39. The van der Waals surface area contributed by atoms with Gasteiger partial charge in [-0.05, 0) is 49.4 Å². The lowest BCUT2D eigenvalue weighted by Crippen LogP contribution is -2.34. The Kier molecular flexibility index (Phi) is 6.34. The van der Waals surface area contributed by atoms with Gasteiger partial charge in [0, 0.05) is 47.7 Å². The average molecular weight is 379 g/mol. The van der Waals surface area contributed by atoms with Gasteiger partial charge >= 0.3 is 0 Å². The first-order valence-electron chi connectivity index (χ1n) is 10.1. The normalized spacial score (nSPS) is 13.8. The van der Waals surface area contributed by atoms with Gasteiger partial charge in [-0.2, -0.15) is 0 Å². The van der Waals surface area contributed by atoms with Crippen molar-refractivity contribution >= 4 is 22.9 Å². The third-order valence-corrected chi connectivity index (χ3v) is 5.50. The van der Waals surface area contributed by atoms with Crippen LogP contribution in [-0.4, -0.2) is 30.0 Å². The molecular formula is C23H30N4O. The van der Waals surface area contributed by atoms with Crippen LogP contribution in [0.4, 0.5) is 11.4 Å². The van der Waals surface area contributed by atoms with Crippen molar-refractivity contribution in [1.29, 1.82) is 0 Å². The zero-order valence-electron chi connectivity index (χ0n) is 16.9. The molecule has 1 aromatic heterocycles. The molecule has 28 heavy (non-hydrogen) atoms. The van der Waals surface area contributed by atoms with Gasteiger partial charge in [-0.3, -0.25) is 9.78 Å². The van der Waals surface area contributed by atoms with Crippen LogP contribution in [0, 0.1) is 0 Å². The van der Waals surface area contributed by atoms with Crippen LogP contribution in [0.5, 0.6) is 0 Å². The van der Waals surface area contributed by atoms with Crippen molar-refractivity contribution in [1.82, 2.24) is 10.3 Å². The van der Waals surface area contributed by atoms with E-state index in [1.165, 1.54) is 12.8 Å². The van der Waals surface area contributed by atoms with E-state index in [0.717, 1.165) is 42.7 Å². The molecule has 2 heterocycles. The minimum Gasteiger partial charge on any atom is -0.398 e. The molecule has 5 heteroatoms. The molecule has 0 bridgehead atoms. The Balaban J connectivity index is 1.86. The van der Waals surface area contributed by atoms with Crippen molar-refractivity contribution in [3.8, 4) is 11.1 Å². The smallest absolute Gasteiger partial charge is 0.251 e. The lowest BCUT2D eigenvalue weighted by atomic mass is 9.98. The number of nitrogens with one attached hydrogen (secondary N) is 1. The minimum atomic E-state index is -0.165. The SMILES string of the molecule is C=C(C(=O)NC(CC)CC)c1cc(-c2cncc(N3CCCC3)c2)ccc1N. The zero-order valence-corrected chi connectivity index (χ0v) is 16.9. The highest BCUT2D eigenvalue weighted by Gasteiger charge is 2.17. The Morgan fingerprint density at radius 3 is 2.57 bits per heavy atom. The summed E-state index contributed by atoms with van der Waals surface area (Å²) in [6.07, 6.45) is 7.99. The Hall–Kier alpha value is -2.82. The molecule has 0 unspecified atom stereocenters. The molecule has 1 fully saturated rings. The van der Waals surface area contributed by atoms with E-state index in [0.29, 0.717) is 16.8 Å². The summed E-state index contributed by atoms with van der Waals surface area (Å²) < 4.78 is 0. The number of carbonyl (C=O) groups excluding carboxylic acids is 1. The Labute approximate surface area is 167 Å². The van der Waals surface area contributed by atoms with E-state index in [2.05, 4.69) is 41.7 Å². The fourth-order valence-corrected chi connectivity index (χ4v) is 3.62.